The third-order valence-corrected chi connectivity index (χ3v) is 4.53. The quantitative estimate of drug-likeness (QED) is 0.377. The van der Waals surface area contributed by atoms with E-state index in [0.29, 0.717) is 29.6 Å². The van der Waals surface area contributed by atoms with Crippen molar-refractivity contribution in [3.05, 3.63) is 51.6 Å². The van der Waals surface area contributed by atoms with E-state index in [1.54, 1.807) is 19.2 Å². The van der Waals surface area contributed by atoms with E-state index in [4.69, 9.17) is 16.1 Å². The number of hydrogen-bond donors (Lipinski definition) is 1. The first kappa shape index (κ1) is 22.7. The second kappa shape index (κ2) is 10.1. The van der Waals surface area contributed by atoms with Crippen molar-refractivity contribution >= 4 is 41.5 Å². The van der Waals surface area contributed by atoms with Gasteiger partial charge in [0.25, 0.3) is 0 Å². The van der Waals surface area contributed by atoms with Crippen LogP contribution in [0.2, 0.25) is 5.02 Å². The molecule has 0 aliphatic heterocycles. The smallest absolute Gasteiger partial charge is 0.193 e. The first-order valence-electron chi connectivity index (χ1n) is 8.12. The molecule has 0 aliphatic rings. The van der Waals surface area contributed by atoms with Crippen LogP contribution in [0.25, 0.3) is 0 Å². The van der Waals surface area contributed by atoms with Gasteiger partial charge >= 0.3 is 0 Å². The number of aromatic nitrogens is 1. The molecule has 1 aromatic carbocycles. The number of aryl methyl sites for hydroxylation is 2. The van der Waals surface area contributed by atoms with Crippen LogP contribution in [0.3, 0.4) is 0 Å². The van der Waals surface area contributed by atoms with Gasteiger partial charge in [0.2, 0.25) is 0 Å². The Labute approximate surface area is 176 Å². The summed E-state index contributed by atoms with van der Waals surface area (Å²) < 4.78 is 19.2. The van der Waals surface area contributed by atoms with Crippen molar-refractivity contribution in [2.45, 2.75) is 33.2 Å². The molecule has 0 aliphatic carbocycles. The number of nitrogens with one attached hydrogen (secondary N) is 1. The van der Waals surface area contributed by atoms with Crippen LogP contribution >= 0.6 is 35.6 Å². The molecule has 0 saturated heterocycles. The molecule has 0 fully saturated rings. The van der Waals surface area contributed by atoms with E-state index in [1.165, 1.54) is 6.07 Å². The third kappa shape index (κ3) is 5.33. The van der Waals surface area contributed by atoms with E-state index in [1.807, 2.05) is 25.8 Å². The maximum atomic E-state index is 14.0. The maximum Gasteiger partial charge on any atom is 0.193 e. The van der Waals surface area contributed by atoms with Gasteiger partial charge in [-0.05, 0) is 26.0 Å². The van der Waals surface area contributed by atoms with E-state index in [9.17, 15) is 4.39 Å². The number of guanidine groups is 1. The van der Waals surface area contributed by atoms with Crippen LogP contribution in [0.5, 0.6) is 0 Å². The summed E-state index contributed by atoms with van der Waals surface area (Å²) >= 11 is 6.11. The number of rotatable bonds is 5. The normalized spacial score (nSPS) is 12.5. The molecular formula is C18H25ClFIN4O. The van der Waals surface area contributed by atoms with Gasteiger partial charge in [0.15, 0.2) is 5.96 Å². The van der Waals surface area contributed by atoms with Crippen molar-refractivity contribution in [1.29, 1.82) is 0 Å². The number of hydrogen-bond acceptors (Lipinski definition) is 3. The second-order valence-electron chi connectivity index (χ2n) is 6.12. The first-order chi connectivity index (χ1) is 11.8. The number of halogens is 3. The zero-order valence-corrected chi connectivity index (χ0v) is 18.7. The van der Waals surface area contributed by atoms with Crippen molar-refractivity contribution < 1.29 is 8.91 Å². The van der Waals surface area contributed by atoms with Gasteiger partial charge in [-0.3, -0.25) is 4.99 Å². The molecule has 2 aromatic rings. The van der Waals surface area contributed by atoms with Crippen molar-refractivity contribution in [2.75, 3.05) is 20.6 Å². The highest BCUT2D eigenvalue weighted by atomic mass is 127. The molecule has 1 heterocycles. The lowest BCUT2D eigenvalue weighted by molar-refractivity contribution is 0.391. The van der Waals surface area contributed by atoms with E-state index >= 15 is 0 Å². The Morgan fingerprint density at radius 3 is 2.65 bits per heavy atom. The molecule has 0 saturated carbocycles. The highest BCUT2D eigenvalue weighted by molar-refractivity contribution is 14.0. The SMILES string of the molecule is CN=C(NCC(C)c1c(C)noc1C)N(C)Cc1c(F)cccc1Cl.I. The lowest BCUT2D eigenvalue weighted by Crippen LogP contribution is -2.40. The Morgan fingerprint density at radius 1 is 1.42 bits per heavy atom. The summed E-state index contributed by atoms with van der Waals surface area (Å²) in [7, 11) is 3.54. The molecule has 5 nitrogen and oxygen atoms in total. The van der Waals surface area contributed by atoms with Crippen molar-refractivity contribution in [3.63, 3.8) is 0 Å². The second-order valence-corrected chi connectivity index (χ2v) is 6.53. The fourth-order valence-electron chi connectivity index (χ4n) is 2.92. The zero-order valence-electron chi connectivity index (χ0n) is 15.6. The molecule has 144 valence electrons. The van der Waals surface area contributed by atoms with E-state index in [0.717, 1.165) is 17.0 Å². The Balaban J connectivity index is 0.00000338. The van der Waals surface area contributed by atoms with Gasteiger partial charge in [0, 0.05) is 49.3 Å². The van der Waals surface area contributed by atoms with Crippen LogP contribution in [0, 0.1) is 19.7 Å². The summed E-state index contributed by atoms with van der Waals surface area (Å²) in [5.41, 5.74) is 2.45. The summed E-state index contributed by atoms with van der Waals surface area (Å²) in [5.74, 6) is 1.37. The topological polar surface area (TPSA) is 53.7 Å². The van der Waals surface area contributed by atoms with E-state index < -0.39 is 0 Å². The van der Waals surface area contributed by atoms with Crippen molar-refractivity contribution in [3.8, 4) is 0 Å². The molecule has 1 N–H and O–H groups in total. The van der Waals surface area contributed by atoms with Crippen LogP contribution < -0.4 is 5.32 Å². The standard InChI is InChI=1S/C18H24ClFN4O.HI/c1-11(17-12(2)23-25-13(17)3)9-22-18(21-4)24(5)10-14-15(19)7-6-8-16(14)20;/h6-8,11H,9-10H2,1-5H3,(H,21,22);1H. The van der Waals surface area contributed by atoms with Crippen LogP contribution in [-0.2, 0) is 6.54 Å². The minimum Gasteiger partial charge on any atom is -0.361 e. The maximum absolute atomic E-state index is 14.0. The molecule has 0 radical (unpaired) electrons. The highest BCUT2D eigenvalue weighted by Crippen LogP contribution is 2.23. The zero-order chi connectivity index (χ0) is 18.6. The van der Waals surface area contributed by atoms with Crippen LogP contribution in [-0.4, -0.2) is 36.7 Å². The van der Waals surface area contributed by atoms with Gasteiger partial charge in [-0.1, -0.05) is 29.7 Å². The Hall–Kier alpha value is -1.35. The number of nitrogens with zero attached hydrogens (tertiary/aromatic N) is 3. The summed E-state index contributed by atoms with van der Waals surface area (Å²) in [5, 5.41) is 7.72. The summed E-state index contributed by atoms with van der Waals surface area (Å²) in [6.07, 6.45) is 0. The van der Waals surface area contributed by atoms with Crippen LogP contribution in [0.1, 0.15) is 35.4 Å². The van der Waals surface area contributed by atoms with Gasteiger partial charge < -0.3 is 14.7 Å². The minimum absolute atomic E-state index is 0. The highest BCUT2D eigenvalue weighted by Gasteiger charge is 2.18. The van der Waals surface area contributed by atoms with E-state index in [-0.39, 0.29) is 35.7 Å². The first-order valence-corrected chi connectivity index (χ1v) is 8.50. The van der Waals surface area contributed by atoms with Gasteiger partial charge in [0.1, 0.15) is 11.6 Å². The molecule has 1 atom stereocenters. The van der Waals surface area contributed by atoms with Crippen molar-refractivity contribution in [1.82, 2.24) is 15.4 Å². The number of benzene rings is 1. The lowest BCUT2D eigenvalue weighted by Gasteiger charge is -2.24. The summed E-state index contributed by atoms with van der Waals surface area (Å²) in [6, 6.07) is 4.69. The number of aliphatic imine (C=N–C) groups is 1. The Bertz CT molecular complexity index is 726. The molecule has 1 unspecified atom stereocenters. The fourth-order valence-corrected chi connectivity index (χ4v) is 3.14. The average Bonchev–Trinajstić information content (AvgIpc) is 2.90. The van der Waals surface area contributed by atoms with Gasteiger partial charge in [-0.15, -0.1) is 24.0 Å². The third-order valence-electron chi connectivity index (χ3n) is 4.18. The molecule has 26 heavy (non-hydrogen) atoms. The molecule has 0 amide bonds. The molecule has 8 heteroatoms. The monoisotopic (exact) mass is 494 g/mol. The molecule has 0 bridgehead atoms. The molecular weight excluding hydrogens is 470 g/mol. The molecule has 1 aromatic heterocycles. The fraction of sp³-hybridized carbons (Fsp3) is 0.444. The average molecular weight is 495 g/mol. The van der Waals surface area contributed by atoms with Crippen molar-refractivity contribution in [2.24, 2.45) is 4.99 Å². The molecule has 2 rings (SSSR count). The van der Waals surface area contributed by atoms with Gasteiger partial charge in [-0.25, -0.2) is 4.39 Å². The van der Waals surface area contributed by atoms with Crippen LogP contribution in [0.4, 0.5) is 4.39 Å². The van der Waals surface area contributed by atoms with Crippen LogP contribution in [0.15, 0.2) is 27.7 Å². The van der Waals surface area contributed by atoms with E-state index in [2.05, 4.69) is 22.4 Å². The summed E-state index contributed by atoms with van der Waals surface area (Å²) in [6.45, 7) is 6.92. The predicted octanol–water partition coefficient (Wildman–Crippen LogP) is 4.51. The largest absolute Gasteiger partial charge is 0.361 e. The predicted molar refractivity (Wildman–Crippen MR) is 114 cm³/mol. The Morgan fingerprint density at radius 2 is 2.12 bits per heavy atom. The minimum atomic E-state index is -0.320. The Kier molecular flexibility index (Phi) is 8.82. The summed E-state index contributed by atoms with van der Waals surface area (Å²) in [4.78, 5) is 6.11. The molecule has 0 spiro atoms. The van der Waals surface area contributed by atoms with Gasteiger partial charge in [0.05, 0.1) is 5.69 Å². The van der Waals surface area contributed by atoms with Gasteiger partial charge in [-0.2, -0.15) is 0 Å². The lowest BCUT2D eigenvalue weighted by atomic mass is 10.00.